The SMILES string of the molecule is C=CCNC(=O)c1nc(-c2ccc3cc[nH]c3c2)no1. The van der Waals surface area contributed by atoms with Crippen LogP contribution in [0.4, 0.5) is 0 Å². The van der Waals surface area contributed by atoms with Gasteiger partial charge in [0.05, 0.1) is 0 Å². The summed E-state index contributed by atoms with van der Waals surface area (Å²) in [6.45, 7) is 3.87. The molecule has 0 bridgehead atoms. The molecule has 6 heteroatoms. The number of hydrogen-bond donors (Lipinski definition) is 2. The number of carbonyl (C=O) groups is 1. The summed E-state index contributed by atoms with van der Waals surface area (Å²) in [4.78, 5) is 18.9. The van der Waals surface area contributed by atoms with E-state index in [9.17, 15) is 4.79 Å². The highest BCUT2D eigenvalue weighted by Gasteiger charge is 2.15. The van der Waals surface area contributed by atoms with Gasteiger partial charge in [-0.1, -0.05) is 23.4 Å². The van der Waals surface area contributed by atoms with E-state index < -0.39 is 5.91 Å². The molecule has 100 valence electrons. The van der Waals surface area contributed by atoms with Crippen LogP contribution in [0.3, 0.4) is 0 Å². The molecule has 0 aliphatic carbocycles. The van der Waals surface area contributed by atoms with Gasteiger partial charge in [0, 0.05) is 23.8 Å². The summed E-state index contributed by atoms with van der Waals surface area (Å²) < 4.78 is 4.95. The van der Waals surface area contributed by atoms with Crippen molar-refractivity contribution in [2.75, 3.05) is 6.54 Å². The third-order valence-corrected chi connectivity index (χ3v) is 2.84. The molecule has 0 saturated carbocycles. The molecular formula is C14H12N4O2. The number of nitrogens with zero attached hydrogens (tertiary/aromatic N) is 2. The molecule has 0 fully saturated rings. The van der Waals surface area contributed by atoms with Gasteiger partial charge < -0.3 is 14.8 Å². The quantitative estimate of drug-likeness (QED) is 0.710. The molecular weight excluding hydrogens is 256 g/mol. The van der Waals surface area contributed by atoms with Gasteiger partial charge in [0.15, 0.2) is 0 Å². The van der Waals surface area contributed by atoms with E-state index in [1.165, 1.54) is 0 Å². The Morgan fingerprint density at radius 1 is 1.45 bits per heavy atom. The molecule has 2 aromatic heterocycles. The van der Waals surface area contributed by atoms with E-state index in [1.807, 2.05) is 30.5 Å². The first-order valence-electron chi connectivity index (χ1n) is 6.08. The minimum atomic E-state index is -0.412. The summed E-state index contributed by atoms with van der Waals surface area (Å²) in [6, 6.07) is 7.72. The number of amides is 1. The number of benzene rings is 1. The average Bonchev–Trinajstić information content (AvgIpc) is 3.12. The Bertz CT molecular complexity index is 772. The Hall–Kier alpha value is -2.89. The molecule has 1 aromatic carbocycles. The van der Waals surface area contributed by atoms with E-state index in [-0.39, 0.29) is 5.89 Å². The summed E-state index contributed by atoms with van der Waals surface area (Å²) >= 11 is 0. The number of H-pyrrole nitrogens is 1. The molecule has 0 saturated heterocycles. The van der Waals surface area contributed by atoms with Gasteiger partial charge in [0.2, 0.25) is 5.82 Å². The lowest BCUT2D eigenvalue weighted by atomic mass is 10.1. The van der Waals surface area contributed by atoms with Crippen molar-refractivity contribution in [2.24, 2.45) is 0 Å². The zero-order chi connectivity index (χ0) is 13.9. The molecule has 0 unspecified atom stereocenters. The van der Waals surface area contributed by atoms with Crippen molar-refractivity contribution in [3.8, 4) is 11.4 Å². The van der Waals surface area contributed by atoms with Gasteiger partial charge >= 0.3 is 11.8 Å². The van der Waals surface area contributed by atoms with Gasteiger partial charge in [-0.3, -0.25) is 4.79 Å². The highest BCUT2D eigenvalue weighted by Crippen LogP contribution is 2.21. The third-order valence-electron chi connectivity index (χ3n) is 2.84. The van der Waals surface area contributed by atoms with Gasteiger partial charge in [0.1, 0.15) is 0 Å². The normalized spacial score (nSPS) is 10.6. The van der Waals surface area contributed by atoms with Gasteiger partial charge in [0.25, 0.3) is 0 Å². The topological polar surface area (TPSA) is 83.8 Å². The van der Waals surface area contributed by atoms with Gasteiger partial charge in [-0.15, -0.1) is 6.58 Å². The lowest BCUT2D eigenvalue weighted by molar-refractivity contribution is 0.0914. The van der Waals surface area contributed by atoms with Crippen LogP contribution >= 0.6 is 0 Å². The van der Waals surface area contributed by atoms with Crippen molar-refractivity contribution >= 4 is 16.8 Å². The number of hydrogen-bond acceptors (Lipinski definition) is 4. The number of nitrogens with one attached hydrogen (secondary N) is 2. The smallest absolute Gasteiger partial charge is 0.316 e. The molecule has 0 radical (unpaired) electrons. The lowest BCUT2D eigenvalue weighted by Gasteiger charge is -1.95. The largest absolute Gasteiger partial charge is 0.361 e. The second-order valence-electron chi connectivity index (χ2n) is 4.20. The van der Waals surface area contributed by atoms with E-state index in [0.29, 0.717) is 12.4 Å². The number of aromatic amines is 1. The van der Waals surface area contributed by atoms with Crippen LogP contribution in [0.5, 0.6) is 0 Å². The Morgan fingerprint density at radius 2 is 2.35 bits per heavy atom. The maximum absolute atomic E-state index is 11.7. The maximum Gasteiger partial charge on any atom is 0.316 e. The van der Waals surface area contributed by atoms with Crippen molar-refractivity contribution in [1.82, 2.24) is 20.4 Å². The summed E-state index contributed by atoms with van der Waals surface area (Å²) in [5, 5.41) is 7.50. The molecule has 2 heterocycles. The fourth-order valence-electron chi connectivity index (χ4n) is 1.86. The molecule has 1 amide bonds. The molecule has 0 atom stereocenters. The van der Waals surface area contributed by atoms with E-state index in [1.54, 1.807) is 6.08 Å². The second kappa shape index (κ2) is 5.00. The number of rotatable bonds is 4. The number of carbonyl (C=O) groups excluding carboxylic acids is 1. The molecule has 0 spiro atoms. The zero-order valence-electron chi connectivity index (χ0n) is 10.6. The predicted molar refractivity (Wildman–Crippen MR) is 74.1 cm³/mol. The van der Waals surface area contributed by atoms with Crippen molar-refractivity contribution in [1.29, 1.82) is 0 Å². The van der Waals surface area contributed by atoms with Crippen LogP contribution in [0, 0.1) is 0 Å². The molecule has 20 heavy (non-hydrogen) atoms. The molecule has 0 aliphatic heterocycles. The Kier molecular flexibility index (Phi) is 3.04. The van der Waals surface area contributed by atoms with Gasteiger partial charge in [-0.25, -0.2) is 0 Å². The highest BCUT2D eigenvalue weighted by molar-refractivity contribution is 5.90. The van der Waals surface area contributed by atoms with Crippen LogP contribution in [0.15, 0.2) is 47.6 Å². The minimum Gasteiger partial charge on any atom is -0.361 e. The highest BCUT2D eigenvalue weighted by atomic mass is 16.5. The fraction of sp³-hybridized carbons (Fsp3) is 0.0714. The van der Waals surface area contributed by atoms with Crippen LogP contribution in [-0.4, -0.2) is 27.6 Å². The first-order valence-corrected chi connectivity index (χ1v) is 6.08. The Labute approximate surface area is 114 Å². The molecule has 3 aromatic rings. The monoisotopic (exact) mass is 268 g/mol. The van der Waals surface area contributed by atoms with Gasteiger partial charge in [-0.2, -0.15) is 4.98 Å². The van der Waals surface area contributed by atoms with Crippen molar-refractivity contribution in [3.63, 3.8) is 0 Å². The van der Waals surface area contributed by atoms with Gasteiger partial charge in [-0.05, 0) is 17.5 Å². The van der Waals surface area contributed by atoms with Crippen LogP contribution in [0.25, 0.3) is 22.3 Å². The predicted octanol–water partition coefficient (Wildman–Crippen LogP) is 2.13. The molecule has 6 nitrogen and oxygen atoms in total. The van der Waals surface area contributed by atoms with Crippen LogP contribution in [-0.2, 0) is 0 Å². The lowest BCUT2D eigenvalue weighted by Crippen LogP contribution is -2.23. The first kappa shape index (κ1) is 12.2. The molecule has 2 N–H and O–H groups in total. The maximum atomic E-state index is 11.7. The van der Waals surface area contributed by atoms with E-state index >= 15 is 0 Å². The summed E-state index contributed by atoms with van der Waals surface area (Å²) in [5.74, 6) is -0.0942. The second-order valence-corrected chi connectivity index (χ2v) is 4.20. The minimum absolute atomic E-state index is 0.0616. The first-order chi connectivity index (χ1) is 9.78. The molecule has 0 aliphatic rings. The van der Waals surface area contributed by atoms with Crippen LogP contribution < -0.4 is 5.32 Å². The average molecular weight is 268 g/mol. The Balaban J connectivity index is 1.88. The summed E-state index contributed by atoms with van der Waals surface area (Å²) in [6.07, 6.45) is 3.44. The summed E-state index contributed by atoms with van der Waals surface area (Å²) in [7, 11) is 0. The van der Waals surface area contributed by atoms with E-state index in [0.717, 1.165) is 16.5 Å². The summed E-state index contributed by atoms with van der Waals surface area (Å²) in [5.41, 5.74) is 1.76. The fourth-order valence-corrected chi connectivity index (χ4v) is 1.86. The Morgan fingerprint density at radius 3 is 3.20 bits per heavy atom. The van der Waals surface area contributed by atoms with Crippen LogP contribution in [0.1, 0.15) is 10.7 Å². The standard InChI is InChI=1S/C14H12N4O2/c1-2-6-16-13(19)14-17-12(18-20-14)10-4-3-9-5-7-15-11(9)8-10/h2-5,7-8,15H,1,6H2,(H,16,19). The third kappa shape index (κ3) is 2.18. The number of aromatic nitrogens is 3. The van der Waals surface area contributed by atoms with E-state index in [4.69, 9.17) is 4.52 Å². The van der Waals surface area contributed by atoms with Crippen molar-refractivity contribution in [3.05, 3.63) is 49.0 Å². The van der Waals surface area contributed by atoms with Crippen LogP contribution in [0.2, 0.25) is 0 Å². The zero-order valence-corrected chi connectivity index (χ0v) is 10.6. The molecule has 3 rings (SSSR count). The van der Waals surface area contributed by atoms with Crippen molar-refractivity contribution < 1.29 is 9.32 Å². The van der Waals surface area contributed by atoms with E-state index in [2.05, 4.69) is 27.0 Å². The van der Waals surface area contributed by atoms with Crippen molar-refractivity contribution in [2.45, 2.75) is 0 Å². The number of fused-ring (bicyclic) bond motifs is 1.